The highest BCUT2D eigenvalue weighted by molar-refractivity contribution is 7.89. The Morgan fingerprint density at radius 2 is 2.14 bits per heavy atom. The number of aromatic nitrogens is 2. The molecule has 0 fully saturated rings. The molecule has 0 bridgehead atoms. The van der Waals surface area contributed by atoms with Crippen LogP contribution in [0.2, 0.25) is 0 Å². The third-order valence-electron chi connectivity index (χ3n) is 2.72. The molecule has 2 aromatic heterocycles. The molecule has 21 heavy (non-hydrogen) atoms. The average Bonchev–Trinajstić information content (AvgIpc) is 2.84. The maximum absolute atomic E-state index is 12.3. The van der Waals surface area contributed by atoms with Crippen molar-refractivity contribution < 1.29 is 22.8 Å². The van der Waals surface area contributed by atoms with Gasteiger partial charge in [-0.3, -0.25) is 0 Å². The van der Waals surface area contributed by atoms with Crippen LogP contribution < -0.4 is 0 Å². The minimum absolute atomic E-state index is 0.0298. The molecule has 112 valence electrons. The second kappa shape index (κ2) is 5.62. The van der Waals surface area contributed by atoms with E-state index < -0.39 is 16.0 Å². The first kappa shape index (κ1) is 15.1. The van der Waals surface area contributed by atoms with Crippen LogP contribution in [-0.2, 0) is 16.6 Å². The summed E-state index contributed by atoms with van der Waals surface area (Å²) in [6, 6.07) is 3.98. The number of carboxylic acids is 1. The Labute approximate surface area is 121 Å². The largest absolute Gasteiger partial charge is 0.478 e. The maximum atomic E-state index is 12.3. The number of aromatic carboxylic acids is 1. The summed E-state index contributed by atoms with van der Waals surface area (Å²) >= 11 is 0. The number of hydrogen-bond acceptors (Lipinski definition) is 6. The summed E-state index contributed by atoms with van der Waals surface area (Å²) in [5.41, 5.74) is 0.393. The molecule has 2 heterocycles. The molecule has 0 amide bonds. The van der Waals surface area contributed by atoms with E-state index >= 15 is 0 Å². The van der Waals surface area contributed by atoms with Gasteiger partial charge in [0.15, 0.2) is 5.03 Å². The zero-order chi connectivity index (χ0) is 15.6. The van der Waals surface area contributed by atoms with Gasteiger partial charge in [-0.2, -0.15) is 4.31 Å². The second-order valence-electron chi connectivity index (χ2n) is 4.38. The van der Waals surface area contributed by atoms with Crippen molar-refractivity contribution in [3.05, 3.63) is 41.4 Å². The number of sulfonamides is 1. The molecule has 2 rings (SSSR count). The molecule has 0 saturated heterocycles. The summed E-state index contributed by atoms with van der Waals surface area (Å²) in [6.07, 6.45) is 1.00. The monoisotopic (exact) mass is 311 g/mol. The Morgan fingerprint density at radius 1 is 1.43 bits per heavy atom. The number of carboxylic acid groups (broad SMARTS) is 1. The highest BCUT2D eigenvalue weighted by atomic mass is 32.2. The van der Waals surface area contributed by atoms with Crippen LogP contribution in [-0.4, -0.2) is 41.0 Å². The molecule has 1 N–H and O–H groups in total. The Bertz CT molecular complexity index is 751. The highest BCUT2D eigenvalue weighted by Crippen LogP contribution is 2.15. The van der Waals surface area contributed by atoms with Gasteiger partial charge in [-0.25, -0.2) is 18.2 Å². The molecule has 0 aliphatic heterocycles. The molecular formula is C12H13N3O5S. The highest BCUT2D eigenvalue weighted by Gasteiger charge is 2.23. The molecule has 0 saturated carbocycles. The fourth-order valence-electron chi connectivity index (χ4n) is 1.62. The summed E-state index contributed by atoms with van der Waals surface area (Å²) < 4.78 is 30.5. The summed E-state index contributed by atoms with van der Waals surface area (Å²) in [6.45, 7) is 1.74. The number of carbonyl (C=O) groups is 1. The lowest BCUT2D eigenvalue weighted by Gasteiger charge is -2.14. The minimum Gasteiger partial charge on any atom is -0.478 e. The van der Waals surface area contributed by atoms with Crippen molar-refractivity contribution in [1.29, 1.82) is 0 Å². The summed E-state index contributed by atoms with van der Waals surface area (Å²) in [4.78, 5) is 14.4. The van der Waals surface area contributed by atoms with Crippen LogP contribution in [0.5, 0.6) is 0 Å². The zero-order valence-corrected chi connectivity index (χ0v) is 12.2. The smallest absolute Gasteiger partial charge is 0.337 e. The minimum atomic E-state index is -3.82. The lowest BCUT2D eigenvalue weighted by molar-refractivity contribution is 0.0696. The van der Waals surface area contributed by atoms with E-state index in [-0.39, 0.29) is 17.1 Å². The molecule has 0 aliphatic rings. The topological polar surface area (TPSA) is 114 Å². The lowest BCUT2D eigenvalue weighted by Crippen LogP contribution is -2.27. The van der Waals surface area contributed by atoms with Crippen LogP contribution in [0.3, 0.4) is 0 Å². The molecule has 0 radical (unpaired) electrons. The Kier molecular flexibility index (Phi) is 4.05. The van der Waals surface area contributed by atoms with E-state index in [1.54, 1.807) is 13.0 Å². The van der Waals surface area contributed by atoms with Gasteiger partial charge in [-0.05, 0) is 19.1 Å². The fraction of sp³-hybridized carbons (Fsp3) is 0.250. The number of nitrogens with zero attached hydrogens (tertiary/aromatic N) is 3. The first-order chi connectivity index (χ1) is 9.80. The van der Waals surface area contributed by atoms with Gasteiger partial charge in [0.25, 0.3) is 10.0 Å². The lowest BCUT2D eigenvalue weighted by atomic mass is 10.3. The van der Waals surface area contributed by atoms with Crippen molar-refractivity contribution in [2.45, 2.75) is 18.5 Å². The molecule has 9 heteroatoms. The number of pyridine rings is 1. The Morgan fingerprint density at radius 3 is 2.62 bits per heavy atom. The van der Waals surface area contributed by atoms with Crippen LogP contribution in [0.25, 0.3) is 0 Å². The molecule has 0 spiro atoms. The van der Waals surface area contributed by atoms with Crippen LogP contribution in [0.4, 0.5) is 0 Å². The molecule has 0 aromatic carbocycles. The van der Waals surface area contributed by atoms with Gasteiger partial charge >= 0.3 is 5.97 Å². The molecule has 0 unspecified atom stereocenters. The molecule has 8 nitrogen and oxygen atoms in total. The SMILES string of the molecule is Cc1cc(CN(C)S(=O)(=O)c2ccc(C(=O)O)cn2)no1. The van der Waals surface area contributed by atoms with E-state index in [0.717, 1.165) is 16.6 Å². The number of rotatable bonds is 5. The van der Waals surface area contributed by atoms with Gasteiger partial charge in [0.05, 0.1) is 17.8 Å². The quantitative estimate of drug-likeness (QED) is 0.872. The number of hydrogen-bond donors (Lipinski definition) is 1. The van der Waals surface area contributed by atoms with Gasteiger partial charge in [0, 0.05) is 19.3 Å². The van der Waals surface area contributed by atoms with Crippen molar-refractivity contribution in [2.24, 2.45) is 0 Å². The van der Waals surface area contributed by atoms with Crippen molar-refractivity contribution in [3.63, 3.8) is 0 Å². The van der Waals surface area contributed by atoms with Gasteiger partial charge in [0.1, 0.15) is 5.76 Å². The summed E-state index contributed by atoms with van der Waals surface area (Å²) in [7, 11) is -2.44. The van der Waals surface area contributed by atoms with E-state index in [1.807, 2.05) is 0 Å². The normalized spacial score (nSPS) is 11.8. The second-order valence-corrected chi connectivity index (χ2v) is 6.37. The van der Waals surface area contributed by atoms with E-state index in [1.165, 1.54) is 13.1 Å². The van der Waals surface area contributed by atoms with Crippen molar-refractivity contribution in [2.75, 3.05) is 7.05 Å². The van der Waals surface area contributed by atoms with Crippen molar-refractivity contribution in [3.8, 4) is 0 Å². The first-order valence-corrected chi connectivity index (χ1v) is 7.32. The fourth-order valence-corrected chi connectivity index (χ4v) is 2.67. The predicted octanol–water partition coefficient (Wildman–Crippen LogP) is 0.897. The Balaban J connectivity index is 2.22. The predicted molar refractivity (Wildman–Crippen MR) is 71.1 cm³/mol. The zero-order valence-electron chi connectivity index (χ0n) is 11.3. The standard InChI is InChI=1S/C12H13N3O5S/c1-8-5-10(14-20-8)7-15(2)21(18,19)11-4-3-9(6-13-11)12(16)17/h3-6H,7H2,1-2H3,(H,16,17). The van der Waals surface area contributed by atoms with Gasteiger partial charge in [0.2, 0.25) is 0 Å². The summed E-state index contributed by atoms with van der Waals surface area (Å²) in [5, 5.41) is 12.3. The van der Waals surface area contributed by atoms with Crippen LogP contribution in [0.15, 0.2) is 33.9 Å². The Hall–Kier alpha value is -2.26. The molecule has 0 atom stereocenters. The van der Waals surface area contributed by atoms with Gasteiger partial charge in [-0.15, -0.1) is 0 Å². The first-order valence-electron chi connectivity index (χ1n) is 5.88. The van der Waals surface area contributed by atoms with Crippen LogP contribution in [0, 0.1) is 6.92 Å². The summed E-state index contributed by atoms with van der Waals surface area (Å²) in [5.74, 6) is -0.586. The van der Waals surface area contributed by atoms with Crippen molar-refractivity contribution >= 4 is 16.0 Å². The van der Waals surface area contributed by atoms with E-state index in [4.69, 9.17) is 9.63 Å². The van der Waals surface area contributed by atoms with Gasteiger partial charge in [-0.1, -0.05) is 5.16 Å². The van der Waals surface area contributed by atoms with E-state index in [2.05, 4.69) is 10.1 Å². The van der Waals surface area contributed by atoms with E-state index in [0.29, 0.717) is 11.5 Å². The van der Waals surface area contributed by atoms with E-state index in [9.17, 15) is 13.2 Å². The third-order valence-corrected chi connectivity index (χ3v) is 4.44. The van der Waals surface area contributed by atoms with Crippen molar-refractivity contribution in [1.82, 2.24) is 14.4 Å². The molecule has 0 aliphatic carbocycles. The van der Waals surface area contributed by atoms with Crippen LogP contribution in [0.1, 0.15) is 21.8 Å². The number of aryl methyl sites for hydroxylation is 1. The molecular weight excluding hydrogens is 298 g/mol. The van der Waals surface area contributed by atoms with Crippen LogP contribution >= 0.6 is 0 Å². The maximum Gasteiger partial charge on any atom is 0.337 e. The average molecular weight is 311 g/mol. The van der Waals surface area contributed by atoms with Gasteiger partial charge < -0.3 is 9.63 Å². The molecule has 2 aromatic rings. The third kappa shape index (κ3) is 3.26.